The van der Waals surface area contributed by atoms with E-state index >= 15 is 0 Å². The van der Waals surface area contributed by atoms with Gasteiger partial charge >= 0.3 is 6.18 Å². The summed E-state index contributed by atoms with van der Waals surface area (Å²) in [6, 6.07) is 3.61. The topological polar surface area (TPSA) is 78.2 Å². The van der Waals surface area contributed by atoms with Gasteiger partial charge in [0.25, 0.3) is 0 Å². The van der Waals surface area contributed by atoms with Crippen molar-refractivity contribution in [2.24, 2.45) is 5.41 Å². The Hall–Kier alpha value is -1.85. The number of hydrogen-bond donors (Lipinski definition) is 2. The summed E-state index contributed by atoms with van der Waals surface area (Å²) in [5.41, 5.74) is -1.57. The number of alkyl halides is 3. The fraction of sp³-hybridized carbons (Fsp3) is 0.500. The molecule has 1 saturated heterocycles. The van der Waals surface area contributed by atoms with Gasteiger partial charge in [-0.25, -0.2) is 4.98 Å². The fourth-order valence-electron chi connectivity index (χ4n) is 1.75. The molecule has 0 amide bonds. The minimum absolute atomic E-state index is 0.0198. The molecule has 1 aromatic rings. The second-order valence-electron chi connectivity index (χ2n) is 4.71. The summed E-state index contributed by atoms with van der Waals surface area (Å²) in [6.45, 7) is 0.669. The highest BCUT2D eigenvalue weighted by molar-refractivity contribution is 5.52. The summed E-state index contributed by atoms with van der Waals surface area (Å²) in [6.07, 6.45) is -4.57. The zero-order chi connectivity index (χ0) is 14.8. The highest BCUT2D eigenvalue weighted by Crippen LogP contribution is 2.31. The van der Waals surface area contributed by atoms with E-state index in [9.17, 15) is 18.3 Å². The van der Waals surface area contributed by atoms with Crippen molar-refractivity contribution in [3.05, 3.63) is 23.4 Å². The molecule has 5 nitrogen and oxygen atoms in total. The van der Waals surface area contributed by atoms with Crippen molar-refractivity contribution in [3.8, 4) is 6.07 Å². The van der Waals surface area contributed by atoms with Gasteiger partial charge in [-0.3, -0.25) is 0 Å². The van der Waals surface area contributed by atoms with Gasteiger partial charge in [0.1, 0.15) is 17.6 Å². The van der Waals surface area contributed by atoms with Crippen LogP contribution in [0.1, 0.15) is 11.3 Å². The van der Waals surface area contributed by atoms with Crippen molar-refractivity contribution in [2.45, 2.75) is 6.18 Å². The maximum Gasteiger partial charge on any atom is 0.433 e. The van der Waals surface area contributed by atoms with E-state index in [1.807, 2.05) is 0 Å². The molecule has 0 aliphatic carbocycles. The average molecular weight is 287 g/mol. The highest BCUT2D eigenvalue weighted by Gasteiger charge is 2.38. The van der Waals surface area contributed by atoms with Crippen LogP contribution in [-0.4, -0.2) is 36.5 Å². The van der Waals surface area contributed by atoms with Crippen LogP contribution in [0.5, 0.6) is 0 Å². The third-order valence-corrected chi connectivity index (χ3v) is 3.09. The van der Waals surface area contributed by atoms with Crippen molar-refractivity contribution in [1.29, 1.82) is 5.26 Å². The summed E-state index contributed by atoms with van der Waals surface area (Å²) >= 11 is 0. The summed E-state index contributed by atoms with van der Waals surface area (Å²) < 4.78 is 42.8. The van der Waals surface area contributed by atoms with Crippen molar-refractivity contribution >= 4 is 5.82 Å². The average Bonchev–Trinajstić information content (AvgIpc) is 2.36. The van der Waals surface area contributed by atoms with Gasteiger partial charge in [-0.15, -0.1) is 0 Å². The molecule has 2 rings (SSSR count). The Morgan fingerprint density at radius 1 is 1.45 bits per heavy atom. The van der Waals surface area contributed by atoms with E-state index in [1.54, 1.807) is 6.07 Å². The minimum Gasteiger partial charge on any atom is -0.396 e. The minimum atomic E-state index is -4.57. The lowest BCUT2D eigenvalue weighted by molar-refractivity contribution is -0.141. The van der Waals surface area contributed by atoms with Crippen LogP contribution < -0.4 is 5.32 Å². The first-order chi connectivity index (χ1) is 9.40. The molecule has 1 fully saturated rings. The molecule has 0 unspecified atom stereocenters. The Balaban J connectivity index is 2.19. The van der Waals surface area contributed by atoms with Crippen LogP contribution in [0.15, 0.2) is 12.1 Å². The highest BCUT2D eigenvalue weighted by atomic mass is 19.4. The molecule has 2 heterocycles. The predicted molar refractivity (Wildman–Crippen MR) is 62.8 cm³/mol. The standard InChI is InChI=1S/C12H12F3N3O2/c13-12(14,15)9-2-1-8(3-16)10(18-9)17-4-11(5-19)6-20-7-11/h1-2,19H,4-7H2,(H,17,18). The van der Waals surface area contributed by atoms with Gasteiger partial charge in [0.15, 0.2) is 0 Å². The summed E-state index contributed by atoms with van der Waals surface area (Å²) in [5.74, 6) is -0.137. The Morgan fingerprint density at radius 3 is 2.60 bits per heavy atom. The lowest BCUT2D eigenvalue weighted by Crippen LogP contribution is -2.50. The first kappa shape index (κ1) is 14.6. The molecule has 0 spiro atoms. The molecule has 0 aromatic carbocycles. The molecule has 20 heavy (non-hydrogen) atoms. The third kappa shape index (κ3) is 2.84. The number of pyridine rings is 1. The Kier molecular flexibility index (Phi) is 3.83. The fourth-order valence-corrected chi connectivity index (χ4v) is 1.75. The first-order valence-electron chi connectivity index (χ1n) is 5.81. The van der Waals surface area contributed by atoms with Crippen LogP contribution in [0.4, 0.5) is 19.0 Å². The van der Waals surface area contributed by atoms with Crippen molar-refractivity contribution in [1.82, 2.24) is 4.98 Å². The molecule has 1 aromatic heterocycles. The van der Waals surface area contributed by atoms with Gasteiger partial charge in [-0.05, 0) is 12.1 Å². The maximum absolute atomic E-state index is 12.6. The number of anilines is 1. The van der Waals surface area contributed by atoms with E-state index in [0.29, 0.717) is 13.2 Å². The van der Waals surface area contributed by atoms with Crippen LogP contribution in [0, 0.1) is 16.7 Å². The van der Waals surface area contributed by atoms with Crippen LogP contribution in [0.3, 0.4) is 0 Å². The number of aliphatic hydroxyl groups excluding tert-OH is 1. The van der Waals surface area contributed by atoms with Crippen molar-refractivity contribution < 1.29 is 23.0 Å². The quantitative estimate of drug-likeness (QED) is 0.875. The summed E-state index contributed by atoms with van der Waals surface area (Å²) in [5, 5.41) is 20.8. The molecule has 108 valence electrons. The third-order valence-electron chi connectivity index (χ3n) is 3.09. The van der Waals surface area contributed by atoms with Crippen LogP contribution >= 0.6 is 0 Å². The second-order valence-corrected chi connectivity index (χ2v) is 4.71. The number of aliphatic hydroxyl groups is 1. The van der Waals surface area contributed by atoms with E-state index in [0.717, 1.165) is 12.1 Å². The van der Waals surface area contributed by atoms with Gasteiger partial charge in [-0.2, -0.15) is 18.4 Å². The molecule has 0 atom stereocenters. The zero-order valence-corrected chi connectivity index (χ0v) is 10.4. The number of nitrogens with one attached hydrogen (secondary N) is 1. The SMILES string of the molecule is N#Cc1ccc(C(F)(F)F)nc1NCC1(CO)COC1. The molecule has 8 heteroatoms. The van der Waals surface area contributed by atoms with Gasteiger partial charge < -0.3 is 15.2 Å². The van der Waals surface area contributed by atoms with E-state index in [-0.39, 0.29) is 24.5 Å². The van der Waals surface area contributed by atoms with Crippen LogP contribution in [0.2, 0.25) is 0 Å². The Morgan fingerprint density at radius 2 is 2.15 bits per heavy atom. The Bertz CT molecular complexity index is 530. The lowest BCUT2D eigenvalue weighted by Gasteiger charge is -2.40. The van der Waals surface area contributed by atoms with Crippen molar-refractivity contribution in [2.75, 3.05) is 31.7 Å². The van der Waals surface area contributed by atoms with Gasteiger partial charge in [0.2, 0.25) is 0 Å². The molecule has 0 saturated carbocycles. The number of hydrogen-bond acceptors (Lipinski definition) is 5. The van der Waals surface area contributed by atoms with Crippen LogP contribution in [0.25, 0.3) is 0 Å². The lowest BCUT2D eigenvalue weighted by atomic mass is 9.87. The molecule has 0 bridgehead atoms. The number of ether oxygens (including phenoxy) is 1. The van der Waals surface area contributed by atoms with Crippen molar-refractivity contribution in [3.63, 3.8) is 0 Å². The maximum atomic E-state index is 12.6. The predicted octanol–water partition coefficient (Wildman–Crippen LogP) is 1.39. The normalized spacial score (nSPS) is 17.1. The summed E-state index contributed by atoms with van der Waals surface area (Å²) in [4.78, 5) is 3.43. The molecule has 2 N–H and O–H groups in total. The summed E-state index contributed by atoms with van der Waals surface area (Å²) in [7, 11) is 0. The number of nitrogens with zero attached hydrogens (tertiary/aromatic N) is 2. The monoisotopic (exact) mass is 287 g/mol. The van der Waals surface area contributed by atoms with E-state index < -0.39 is 17.3 Å². The van der Waals surface area contributed by atoms with Gasteiger partial charge in [-0.1, -0.05) is 0 Å². The number of rotatable bonds is 4. The van der Waals surface area contributed by atoms with E-state index in [2.05, 4.69) is 10.3 Å². The molecule has 1 aliphatic rings. The first-order valence-corrected chi connectivity index (χ1v) is 5.81. The molecular formula is C12H12F3N3O2. The smallest absolute Gasteiger partial charge is 0.396 e. The number of aromatic nitrogens is 1. The zero-order valence-electron chi connectivity index (χ0n) is 10.4. The Labute approximate surface area is 113 Å². The molecule has 0 radical (unpaired) electrons. The van der Waals surface area contributed by atoms with E-state index in [4.69, 9.17) is 10.00 Å². The second kappa shape index (κ2) is 5.26. The molecular weight excluding hydrogens is 275 g/mol. The number of halogens is 3. The largest absolute Gasteiger partial charge is 0.433 e. The molecule has 1 aliphatic heterocycles. The van der Waals surface area contributed by atoms with E-state index in [1.165, 1.54) is 0 Å². The van der Waals surface area contributed by atoms with Crippen LogP contribution in [-0.2, 0) is 10.9 Å². The van der Waals surface area contributed by atoms with Gasteiger partial charge in [0.05, 0.1) is 30.8 Å². The number of nitriles is 1. The van der Waals surface area contributed by atoms with Gasteiger partial charge in [0, 0.05) is 6.54 Å².